The molecule has 1 aromatic heterocycles. The number of para-hydroxylation sites is 1. The molecule has 27 heavy (non-hydrogen) atoms. The molecule has 0 radical (unpaired) electrons. The van der Waals surface area contributed by atoms with Crippen LogP contribution >= 0.6 is 0 Å². The van der Waals surface area contributed by atoms with Crippen molar-refractivity contribution < 1.29 is 19.4 Å². The molecule has 0 atom stereocenters. The second kappa shape index (κ2) is 8.35. The summed E-state index contributed by atoms with van der Waals surface area (Å²) in [6.07, 6.45) is 1.13. The average Bonchev–Trinajstić information content (AvgIpc) is 2.69. The molecule has 0 bridgehead atoms. The minimum Gasteiger partial charge on any atom is -0.478 e. The van der Waals surface area contributed by atoms with Crippen molar-refractivity contribution in [1.82, 2.24) is 14.9 Å². The third kappa shape index (κ3) is 4.43. The van der Waals surface area contributed by atoms with Gasteiger partial charge in [-0.15, -0.1) is 0 Å². The number of piperazine rings is 1. The fourth-order valence-electron chi connectivity index (χ4n) is 2.84. The van der Waals surface area contributed by atoms with Crippen LogP contribution in [0, 0.1) is 0 Å². The van der Waals surface area contributed by atoms with Crippen LogP contribution in [0.2, 0.25) is 0 Å². The number of hydrogen-bond donors (Lipinski definition) is 2. The zero-order valence-corrected chi connectivity index (χ0v) is 15.0. The molecule has 142 valence electrons. The van der Waals surface area contributed by atoms with Crippen molar-refractivity contribution in [2.45, 2.75) is 6.92 Å². The molecular weight excluding hydrogens is 350 g/mol. The van der Waals surface area contributed by atoms with Crippen LogP contribution in [0.5, 0.6) is 0 Å². The van der Waals surface area contributed by atoms with Crippen molar-refractivity contribution in [3.63, 3.8) is 0 Å². The Labute approximate surface area is 156 Å². The number of benzene rings is 1. The molecule has 0 unspecified atom stereocenters. The van der Waals surface area contributed by atoms with Crippen LogP contribution in [0.25, 0.3) is 0 Å². The minimum absolute atomic E-state index is 0.167. The maximum atomic E-state index is 11.8. The quantitative estimate of drug-likeness (QED) is 0.823. The number of aromatic nitrogens is 2. The van der Waals surface area contributed by atoms with E-state index in [1.165, 1.54) is 12.4 Å². The van der Waals surface area contributed by atoms with Gasteiger partial charge in [0.2, 0.25) is 0 Å². The van der Waals surface area contributed by atoms with Gasteiger partial charge in [-0.2, -0.15) is 0 Å². The Morgan fingerprint density at radius 1 is 1.19 bits per heavy atom. The highest BCUT2D eigenvalue weighted by Crippen LogP contribution is 2.22. The Balaban J connectivity index is 1.68. The summed E-state index contributed by atoms with van der Waals surface area (Å²) >= 11 is 0. The third-order valence-corrected chi connectivity index (χ3v) is 4.20. The third-order valence-electron chi connectivity index (χ3n) is 4.20. The monoisotopic (exact) mass is 371 g/mol. The number of carboxylic acid groups (broad SMARTS) is 1. The van der Waals surface area contributed by atoms with Gasteiger partial charge < -0.3 is 25.0 Å². The topological polar surface area (TPSA) is 108 Å². The van der Waals surface area contributed by atoms with E-state index < -0.39 is 5.97 Å². The van der Waals surface area contributed by atoms with Crippen LogP contribution in [0.4, 0.5) is 22.1 Å². The predicted octanol–water partition coefficient (Wildman–Crippen LogP) is 2.20. The van der Waals surface area contributed by atoms with E-state index in [0.29, 0.717) is 50.1 Å². The van der Waals surface area contributed by atoms with Crippen LogP contribution in [-0.2, 0) is 4.74 Å². The molecule has 1 aliphatic rings. The van der Waals surface area contributed by atoms with Gasteiger partial charge in [0.25, 0.3) is 0 Å². The molecule has 0 spiro atoms. The molecule has 9 heteroatoms. The lowest BCUT2D eigenvalue weighted by atomic mass is 10.2. The highest BCUT2D eigenvalue weighted by molar-refractivity contribution is 5.95. The van der Waals surface area contributed by atoms with Crippen molar-refractivity contribution in [2.24, 2.45) is 0 Å². The number of carboxylic acids is 1. The zero-order chi connectivity index (χ0) is 19.2. The number of carbonyl (C=O) groups excluding carboxylic acids is 1. The van der Waals surface area contributed by atoms with Gasteiger partial charge in [0.05, 0.1) is 17.9 Å². The molecule has 2 N–H and O–H groups in total. The maximum absolute atomic E-state index is 11.8. The van der Waals surface area contributed by atoms with Crippen molar-refractivity contribution in [2.75, 3.05) is 43.0 Å². The lowest BCUT2D eigenvalue weighted by molar-refractivity contribution is 0.0697. The van der Waals surface area contributed by atoms with E-state index in [1.54, 1.807) is 36.1 Å². The second-order valence-electron chi connectivity index (χ2n) is 5.91. The zero-order valence-electron chi connectivity index (χ0n) is 15.0. The van der Waals surface area contributed by atoms with Crippen LogP contribution in [0.1, 0.15) is 17.3 Å². The molecule has 1 amide bonds. The number of amides is 1. The van der Waals surface area contributed by atoms with Crippen LogP contribution < -0.4 is 10.2 Å². The van der Waals surface area contributed by atoms with E-state index in [-0.39, 0.29) is 11.7 Å². The molecule has 0 saturated carbocycles. The fraction of sp³-hybridized carbons (Fsp3) is 0.333. The van der Waals surface area contributed by atoms with E-state index >= 15 is 0 Å². The largest absolute Gasteiger partial charge is 0.478 e. The van der Waals surface area contributed by atoms with Gasteiger partial charge in [-0.05, 0) is 19.1 Å². The highest BCUT2D eigenvalue weighted by Gasteiger charge is 2.23. The standard InChI is InChI=1S/C18H21N5O4/c1-2-27-18(26)23-9-7-22(8-10-23)16-11-15(19-12-20-16)21-14-6-4-3-5-13(14)17(24)25/h3-6,11-12H,2,7-10H2,1H3,(H,24,25)(H,19,20,21). The van der Waals surface area contributed by atoms with E-state index in [9.17, 15) is 14.7 Å². The van der Waals surface area contributed by atoms with E-state index in [4.69, 9.17) is 4.74 Å². The summed E-state index contributed by atoms with van der Waals surface area (Å²) in [7, 11) is 0. The first-order valence-corrected chi connectivity index (χ1v) is 8.66. The van der Waals surface area contributed by atoms with Crippen molar-refractivity contribution in [1.29, 1.82) is 0 Å². The average molecular weight is 371 g/mol. The van der Waals surface area contributed by atoms with Gasteiger partial charge >= 0.3 is 12.1 Å². The summed E-state index contributed by atoms with van der Waals surface area (Å²) in [6.45, 7) is 4.49. The second-order valence-corrected chi connectivity index (χ2v) is 5.91. The summed E-state index contributed by atoms with van der Waals surface area (Å²) in [4.78, 5) is 35.3. The first kappa shape index (κ1) is 18.4. The molecular formula is C18H21N5O4. The molecule has 1 saturated heterocycles. The summed E-state index contributed by atoms with van der Waals surface area (Å²) in [5, 5.41) is 12.3. The number of hydrogen-bond acceptors (Lipinski definition) is 7. The van der Waals surface area contributed by atoms with E-state index in [1.807, 2.05) is 4.90 Å². The number of carbonyl (C=O) groups is 2. The summed E-state index contributed by atoms with van der Waals surface area (Å²) in [6, 6.07) is 8.40. The Hall–Kier alpha value is -3.36. The SMILES string of the molecule is CCOC(=O)N1CCN(c2cc(Nc3ccccc3C(=O)O)ncn2)CC1. The number of rotatable bonds is 5. The molecule has 2 aromatic rings. The lowest BCUT2D eigenvalue weighted by Crippen LogP contribution is -2.49. The van der Waals surface area contributed by atoms with Crippen LogP contribution in [0.15, 0.2) is 36.7 Å². The molecule has 1 aliphatic heterocycles. The fourth-order valence-corrected chi connectivity index (χ4v) is 2.84. The molecule has 0 aliphatic carbocycles. The molecule has 3 rings (SSSR count). The minimum atomic E-state index is -1.01. The predicted molar refractivity (Wildman–Crippen MR) is 99.5 cm³/mol. The molecule has 2 heterocycles. The van der Waals surface area contributed by atoms with Gasteiger partial charge in [0.15, 0.2) is 0 Å². The maximum Gasteiger partial charge on any atom is 0.409 e. The normalized spacial score (nSPS) is 14.0. The van der Waals surface area contributed by atoms with Gasteiger partial charge in [-0.1, -0.05) is 12.1 Å². The van der Waals surface area contributed by atoms with Gasteiger partial charge in [0.1, 0.15) is 18.0 Å². The van der Waals surface area contributed by atoms with Crippen molar-refractivity contribution >= 4 is 29.4 Å². The van der Waals surface area contributed by atoms with Crippen LogP contribution in [0.3, 0.4) is 0 Å². The molecule has 1 aromatic carbocycles. The number of aromatic carboxylic acids is 1. The Morgan fingerprint density at radius 2 is 1.93 bits per heavy atom. The van der Waals surface area contributed by atoms with Gasteiger partial charge in [0, 0.05) is 32.2 Å². The van der Waals surface area contributed by atoms with Gasteiger partial charge in [-0.3, -0.25) is 0 Å². The lowest BCUT2D eigenvalue weighted by Gasteiger charge is -2.34. The summed E-state index contributed by atoms with van der Waals surface area (Å²) in [5.74, 6) is 0.202. The molecule has 1 fully saturated rings. The number of ether oxygens (including phenoxy) is 1. The Bertz CT molecular complexity index is 821. The van der Waals surface area contributed by atoms with Gasteiger partial charge in [-0.25, -0.2) is 19.6 Å². The number of nitrogens with one attached hydrogen (secondary N) is 1. The number of anilines is 3. The van der Waals surface area contributed by atoms with Crippen molar-refractivity contribution in [3.8, 4) is 0 Å². The summed E-state index contributed by atoms with van der Waals surface area (Å²) in [5.41, 5.74) is 0.627. The summed E-state index contributed by atoms with van der Waals surface area (Å²) < 4.78 is 5.02. The van der Waals surface area contributed by atoms with Crippen LogP contribution in [-0.4, -0.2) is 64.8 Å². The van der Waals surface area contributed by atoms with Crippen molar-refractivity contribution in [3.05, 3.63) is 42.2 Å². The van der Waals surface area contributed by atoms with E-state index in [2.05, 4.69) is 15.3 Å². The Kier molecular flexibility index (Phi) is 5.70. The first-order valence-electron chi connectivity index (χ1n) is 8.66. The first-order chi connectivity index (χ1) is 13.1. The Morgan fingerprint density at radius 3 is 2.63 bits per heavy atom. The molecule has 9 nitrogen and oxygen atoms in total. The smallest absolute Gasteiger partial charge is 0.409 e. The number of nitrogens with zero attached hydrogens (tertiary/aromatic N) is 4. The van der Waals surface area contributed by atoms with E-state index in [0.717, 1.165) is 0 Å². The highest BCUT2D eigenvalue weighted by atomic mass is 16.6.